The molecule has 2 saturated heterocycles. The average molecular weight is 453 g/mol. The summed E-state index contributed by atoms with van der Waals surface area (Å²) >= 11 is 0. The molecule has 4 aliphatic rings. The summed E-state index contributed by atoms with van der Waals surface area (Å²) < 4.78 is 51.4. The van der Waals surface area contributed by atoms with Crippen molar-refractivity contribution in [3.05, 3.63) is 47.0 Å². The van der Waals surface area contributed by atoms with Crippen LogP contribution in [0.2, 0.25) is 0 Å². The number of nitrogens with zero attached hydrogens (tertiary/aromatic N) is 2. The van der Waals surface area contributed by atoms with Gasteiger partial charge in [0.05, 0.1) is 12.3 Å². The Morgan fingerprint density at radius 1 is 1.25 bits per heavy atom. The highest BCUT2D eigenvalue weighted by molar-refractivity contribution is 6.08. The fourth-order valence-electron chi connectivity index (χ4n) is 4.64. The number of hydrogen-bond donors (Lipinski definition) is 1. The topological polar surface area (TPSA) is 71.1 Å². The predicted molar refractivity (Wildman–Crippen MR) is 109 cm³/mol. The molecule has 3 aliphatic heterocycles. The molecular formula is C22H26F3N3O4. The van der Waals surface area contributed by atoms with Crippen LogP contribution in [0.3, 0.4) is 0 Å². The highest BCUT2D eigenvalue weighted by atomic mass is 19.4. The number of alkyl halides is 3. The van der Waals surface area contributed by atoms with E-state index in [1.165, 1.54) is 0 Å². The lowest BCUT2D eigenvalue weighted by atomic mass is 9.80. The number of nitrogens with one attached hydrogen (secondary N) is 1. The Balaban J connectivity index is 1.53. The first-order valence-electron chi connectivity index (χ1n) is 10.4. The van der Waals surface area contributed by atoms with Gasteiger partial charge in [-0.15, -0.1) is 0 Å². The van der Waals surface area contributed by atoms with Crippen LogP contribution < -0.4 is 5.32 Å². The first-order chi connectivity index (χ1) is 14.8. The fourth-order valence-corrected chi connectivity index (χ4v) is 4.64. The van der Waals surface area contributed by atoms with Gasteiger partial charge in [0.1, 0.15) is 11.3 Å². The summed E-state index contributed by atoms with van der Waals surface area (Å²) in [4.78, 5) is 27.7. The third-order valence-electron chi connectivity index (χ3n) is 6.29. The number of carbonyl (C=O) groups excluding carboxylic acids is 2. The van der Waals surface area contributed by atoms with E-state index < -0.39 is 41.9 Å². The third-order valence-corrected chi connectivity index (χ3v) is 6.29. The Labute approximate surface area is 184 Å². The molecule has 32 heavy (non-hydrogen) atoms. The number of urea groups is 1. The summed E-state index contributed by atoms with van der Waals surface area (Å²) in [6.45, 7) is 6.70. The molecule has 1 N–H and O–H groups in total. The molecule has 3 amide bonds. The number of fused-ring (bicyclic) bond motifs is 1. The van der Waals surface area contributed by atoms with Crippen LogP contribution in [0.4, 0.5) is 18.0 Å². The SMILES string of the molecule is CC1=CC(N2C(=O)NC(C)(C)C2=O)=CN(C)C1OC1=CC=C2COC(C(F)(F)F)C2C1C. The summed E-state index contributed by atoms with van der Waals surface area (Å²) in [7, 11) is 1.72. The summed E-state index contributed by atoms with van der Waals surface area (Å²) in [5, 5.41) is 2.64. The molecule has 3 heterocycles. The summed E-state index contributed by atoms with van der Waals surface area (Å²) in [5.74, 6) is -1.29. The zero-order chi connectivity index (χ0) is 23.6. The minimum absolute atomic E-state index is 0.0421. The summed E-state index contributed by atoms with van der Waals surface area (Å²) in [5.41, 5.74) is 0.705. The van der Waals surface area contributed by atoms with Crippen molar-refractivity contribution >= 4 is 11.9 Å². The third kappa shape index (κ3) is 3.60. The molecule has 0 saturated carbocycles. The van der Waals surface area contributed by atoms with E-state index in [0.717, 1.165) is 4.90 Å². The molecule has 2 fully saturated rings. The Morgan fingerprint density at radius 3 is 2.50 bits per heavy atom. The Kier molecular flexibility index (Phi) is 5.19. The molecule has 0 aromatic carbocycles. The number of imide groups is 1. The van der Waals surface area contributed by atoms with E-state index in [2.05, 4.69) is 5.32 Å². The quantitative estimate of drug-likeness (QED) is 0.663. The molecule has 4 atom stereocenters. The van der Waals surface area contributed by atoms with Gasteiger partial charge >= 0.3 is 12.2 Å². The number of carbonyl (C=O) groups is 2. The van der Waals surface area contributed by atoms with Crippen LogP contribution in [0, 0.1) is 11.8 Å². The molecule has 0 spiro atoms. The maximum Gasteiger partial charge on any atom is 0.415 e. The smallest absolute Gasteiger partial charge is 0.415 e. The largest absolute Gasteiger partial charge is 0.471 e. The molecule has 174 valence electrons. The van der Waals surface area contributed by atoms with Crippen LogP contribution in [0.25, 0.3) is 0 Å². The number of likely N-dealkylation sites (N-methyl/N-ethyl adjacent to an activating group) is 1. The van der Waals surface area contributed by atoms with E-state index in [-0.39, 0.29) is 12.5 Å². The maximum absolute atomic E-state index is 13.4. The molecule has 4 unspecified atom stereocenters. The number of rotatable bonds is 3. The zero-order valence-corrected chi connectivity index (χ0v) is 18.5. The first-order valence-corrected chi connectivity index (χ1v) is 10.4. The molecular weight excluding hydrogens is 427 g/mol. The van der Waals surface area contributed by atoms with Gasteiger partial charge in [0, 0.05) is 25.1 Å². The lowest BCUT2D eigenvalue weighted by molar-refractivity contribution is -0.219. The minimum atomic E-state index is -4.46. The van der Waals surface area contributed by atoms with E-state index in [1.807, 2.05) is 0 Å². The lowest BCUT2D eigenvalue weighted by Crippen LogP contribution is -2.42. The van der Waals surface area contributed by atoms with Crippen molar-refractivity contribution in [1.82, 2.24) is 15.1 Å². The van der Waals surface area contributed by atoms with E-state index in [4.69, 9.17) is 9.47 Å². The van der Waals surface area contributed by atoms with Crippen LogP contribution in [0.5, 0.6) is 0 Å². The molecule has 4 rings (SSSR count). The Hall–Kier alpha value is -2.75. The Morgan fingerprint density at radius 2 is 1.94 bits per heavy atom. The maximum atomic E-state index is 13.4. The van der Waals surface area contributed by atoms with Crippen molar-refractivity contribution in [3.63, 3.8) is 0 Å². The highest BCUT2D eigenvalue weighted by Gasteiger charge is 2.54. The van der Waals surface area contributed by atoms with E-state index in [9.17, 15) is 22.8 Å². The van der Waals surface area contributed by atoms with Crippen LogP contribution in [-0.2, 0) is 14.3 Å². The molecule has 0 radical (unpaired) electrons. The van der Waals surface area contributed by atoms with E-state index >= 15 is 0 Å². The second-order valence-electron chi connectivity index (χ2n) is 9.17. The molecule has 0 bridgehead atoms. The molecule has 1 aliphatic carbocycles. The fraction of sp³-hybridized carbons (Fsp3) is 0.545. The molecule has 10 heteroatoms. The van der Waals surface area contributed by atoms with Crippen LogP contribution in [-0.4, -0.2) is 59.4 Å². The predicted octanol–water partition coefficient (Wildman–Crippen LogP) is 3.43. The van der Waals surface area contributed by atoms with Gasteiger partial charge in [0.15, 0.2) is 12.3 Å². The Bertz CT molecular complexity index is 979. The second-order valence-corrected chi connectivity index (χ2v) is 9.17. The van der Waals surface area contributed by atoms with Crippen LogP contribution >= 0.6 is 0 Å². The molecule has 7 nitrogen and oxygen atoms in total. The zero-order valence-electron chi connectivity index (χ0n) is 18.5. The minimum Gasteiger partial charge on any atom is -0.471 e. The van der Waals surface area contributed by atoms with Gasteiger partial charge in [-0.3, -0.25) is 4.79 Å². The van der Waals surface area contributed by atoms with Gasteiger partial charge in [-0.25, -0.2) is 9.69 Å². The van der Waals surface area contributed by atoms with Crippen LogP contribution in [0.15, 0.2) is 47.0 Å². The van der Waals surface area contributed by atoms with Crippen LogP contribution in [0.1, 0.15) is 27.7 Å². The summed E-state index contributed by atoms with van der Waals surface area (Å²) in [6.07, 6.45) is -0.278. The number of hydrogen-bond acceptors (Lipinski definition) is 5. The van der Waals surface area contributed by atoms with Gasteiger partial charge in [-0.1, -0.05) is 13.0 Å². The van der Waals surface area contributed by atoms with E-state index in [1.54, 1.807) is 64.1 Å². The normalized spacial score (nSPS) is 32.1. The highest BCUT2D eigenvalue weighted by Crippen LogP contribution is 2.46. The summed E-state index contributed by atoms with van der Waals surface area (Å²) in [6, 6.07) is -0.510. The van der Waals surface area contributed by atoms with Gasteiger partial charge in [-0.2, -0.15) is 13.2 Å². The van der Waals surface area contributed by atoms with Crippen molar-refractivity contribution in [2.24, 2.45) is 11.8 Å². The number of ether oxygens (including phenoxy) is 2. The average Bonchev–Trinajstić information content (AvgIpc) is 3.19. The first kappa shape index (κ1) is 22.4. The van der Waals surface area contributed by atoms with Crippen molar-refractivity contribution in [2.45, 2.75) is 51.7 Å². The van der Waals surface area contributed by atoms with Crippen molar-refractivity contribution < 1.29 is 32.2 Å². The standard InChI is InChI=1S/C22H26F3N3O4/c1-11-8-14(28-19(29)21(3,4)26-20(28)30)9-27(5)18(11)32-15-7-6-13-10-31-17(22(23,24)25)16(13)12(15)2/h6-9,12,16-18H,10H2,1-5H3,(H,26,30). The lowest BCUT2D eigenvalue weighted by Gasteiger charge is -2.37. The monoisotopic (exact) mass is 453 g/mol. The number of amides is 3. The van der Waals surface area contributed by atoms with Gasteiger partial charge < -0.3 is 19.7 Å². The van der Waals surface area contributed by atoms with Crippen molar-refractivity contribution in [1.29, 1.82) is 0 Å². The van der Waals surface area contributed by atoms with Gasteiger partial charge in [0.2, 0.25) is 0 Å². The van der Waals surface area contributed by atoms with Crippen molar-refractivity contribution in [3.8, 4) is 0 Å². The molecule has 0 aromatic heterocycles. The molecule has 0 aromatic rings. The number of allylic oxidation sites excluding steroid dienone is 4. The van der Waals surface area contributed by atoms with Gasteiger partial charge in [0.25, 0.3) is 5.91 Å². The van der Waals surface area contributed by atoms with Crippen molar-refractivity contribution in [2.75, 3.05) is 13.7 Å². The number of halogens is 3. The second kappa shape index (κ2) is 7.40. The van der Waals surface area contributed by atoms with E-state index in [0.29, 0.717) is 22.6 Å². The van der Waals surface area contributed by atoms with Gasteiger partial charge in [-0.05, 0) is 44.1 Å².